The molecule has 126 valence electrons. The lowest BCUT2D eigenvalue weighted by molar-refractivity contribution is -0.125. The minimum absolute atomic E-state index is 0.0209. The van der Waals surface area contributed by atoms with E-state index in [1.54, 1.807) is 0 Å². The Morgan fingerprint density at radius 2 is 1.64 bits per heavy atom. The minimum Gasteiger partial charge on any atom is -0.353 e. The summed E-state index contributed by atoms with van der Waals surface area (Å²) in [5.41, 5.74) is 5.51. The first kappa shape index (κ1) is 17.1. The van der Waals surface area contributed by atoms with E-state index < -0.39 is 0 Å². The number of nitrogens with zero attached hydrogens (tertiary/aromatic N) is 1. The summed E-state index contributed by atoms with van der Waals surface area (Å²) in [4.78, 5) is 26.0. The molecule has 0 bridgehead atoms. The molecule has 0 aromatic heterocycles. The summed E-state index contributed by atoms with van der Waals surface area (Å²) >= 11 is 0. The molecular formula is C16H30N4O2. The molecule has 1 saturated carbocycles. The number of urea groups is 1. The Morgan fingerprint density at radius 1 is 1.05 bits per heavy atom. The van der Waals surface area contributed by atoms with Crippen LogP contribution in [0.2, 0.25) is 0 Å². The van der Waals surface area contributed by atoms with Crippen molar-refractivity contribution in [3.63, 3.8) is 0 Å². The predicted octanol–water partition coefficient (Wildman–Crippen LogP) is 1.20. The maximum absolute atomic E-state index is 12.3. The van der Waals surface area contributed by atoms with E-state index in [4.69, 9.17) is 5.73 Å². The van der Waals surface area contributed by atoms with Crippen molar-refractivity contribution >= 4 is 11.9 Å². The molecule has 6 heteroatoms. The third kappa shape index (κ3) is 4.87. The highest BCUT2D eigenvalue weighted by Gasteiger charge is 2.26. The molecule has 1 atom stereocenters. The maximum atomic E-state index is 12.3. The van der Waals surface area contributed by atoms with Crippen LogP contribution in [0.25, 0.3) is 0 Å². The number of carbonyl (C=O) groups excluding carboxylic acids is 2. The number of carbonyl (C=O) groups is 2. The van der Waals surface area contributed by atoms with E-state index >= 15 is 0 Å². The van der Waals surface area contributed by atoms with Crippen LogP contribution in [0.4, 0.5) is 4.79 Å². The number of amides is 3. The van der Waals surface area contributed by atoms with E-state index in [0.717, 1.165) is 25.7 Å². The molecule has 0 aromatic rings. The molecule has 0 spiro atoms. The van der Waals surface area contributed by atoms with E-state index in [9.17, 15) is 9.59 Å². The smallest absolute Gasteiger partial charge is 0.317 e. The number of rotatable bonds is 4. The fourth-order valence-electron chi connectivity index (χ4n) is 3.19. The number of hydrogen-bond donors (Lipinski definition) is 3. The second-order valence-electron chi connectivity index (χ2n) is 6.69. The normalized spacial score (nSPS) is 22.2. The van der Waals surface area contributed by atoms with Crippen LogP contribution in [0.3, 0.4) is 0 Å². The van der Waals surface area contributed by atoms with Gasteiger partial charge in [0.05, 0.1) is 0 Å². The van der Waals surface area contributed by atoms with Gasteiger partial charge in [-0.1, -0.05) is 26.2 Å². The third-order valence-electron chi connectivity index (χ3n) is 4.86. The molecule has 0 radical (unpaired) electrons. The Kier molecular flexibility index (Phi) is 6.49. The largest absolute Gasteiger partial charge is 0.353 e. The molecule has 1 heterocycles. The standard InChI is InChI=1S/C16H30N4O2/c1-12(11-17)15(21)18-14-7-9-20(10-8-14)16(22)19-13-5-3-2-4-6-13/h12-14H,2-11,17H2,1H3,(H,18,21)(H,19,22). The van der Waals surface area contributed by atoms with E-state index in [1.807, 2.05) is 11.8 Å². The van der Waals surface area contributed by atoms with Crippen LogP contribution in [0.15, 0.2) is 0 Å². The second kappa shape index (κ2) is 8.36. The summed E-state index contributed by atoms with van der Waals surface area (Å²) in [7, 11) is 0. The van der Waals surface area contributed by atoms with Crippen LogP contribution in [0.1, 0.15) is 51.9 Å². The summed E-state index contributed by atoms with van der Waals surface area (Å²) in [6, 6.07) is 0.580. The van der Waals surface area contributed by atoms with Gasteiger partial charge in [0.2, 0.25) is 5.91 Å². The third-order valence-corrected chi connectivity index (χ3v) is 4.86. The number of piperidine rings is 1. The Hall–Kier alpha value is -1.30. The average molecular weight is 310 g/mol. The molecular weight excluding hydrogens is 280 g/mol. The molecule has 1 unspecified atom stereocenters. The Balaban J connectivity index is 1.69. The van der Waals surface area contributed by atoms with Crippen LogP contribution in [0, 0.1) is 5.92 Å². The molecule has 2 aliphatic rings. The van der Waals surface area contributed by atoms with Crippen LogP contribution in [-0.2, 0) is 4.79 Å². The highest BCUT2D eigenvalue weighted by molar-refractivity contribution is 5.79. The van der Waals surface area contributed by atoms with Crippen molar-refractivity contribution in [2.45, 2.75) is 64.0 Å². The van der Waals surface area contributed by atoms with Gasteiger partial charge in [0.15, 0.2) is 0 Å². The lowest BCUT2D eigenvalue weighted by atomic mass is 9.95. The molecule has 1 aliphatic carbocycles. The molecule has 6 nitrogen and oxygen atoms in total. The molecule has 3 amide bonds. The zero-order chi connectivity index (χ0) is 15.9. The molecule has 1 saturated heterocycles. The van der Waals surface area contributed by atoms with Gasteiger partial charge in [-0.25, -0.2) is 4.79 Å². The second-order valence-corrected chi connectivity index (χ2v) is 6.69. The van der Waals surface area contributed by atoms with E-state index in [2.05, 4.69) is 10.6 Å². The van der Waals surface area contributed by atoms with Crippen LogP contribution in [-0.4, -0.2) is 48.6 Å². The highest BCUT2D eigenvalue weighted by Crippen LogP contribution is 2.18. The van der Waals surface area contributed by atoms with Crippen molar-refractivity contribution in [2.24, 2.45) is 11.7 Å². The van der Waals surface area contributed by atoms with Gasteiger partial charge in [-0.15, -0.1) is 0 Å². The van der Waals surface area contributed by atoms with E-state index in [1.165, 1.54) is 19.3 Å². The first-order valence-corrected chi connectivity index (χ1v) is 8.66. The lowest BCUT2D eigenvalue weighted by Gasteiger charge is -2.34. The molecule has 2 fully saturated rings. The summed E-state index contributed by atoms with van der Waals surface area (Å²) in [5, 5.41) is 6.19. The lowest BCUT2D eigenvalue weighted by Crippen LogP contribution is -2.52. The molecule has 0 aromatic carbocycles. The van der Waals surface area contributed by atoms with Crippen molar-refractivity contribution in [3.8, 4) is 0 Å². The fraction of sp³-hybridized carbons (Fsp3) is 0.875. The van der Waals surface area contributed by atoms with Crippen LogP contribution in [0.5, 0.6) is 0 Å². The first-order valence-electron chi connectivity index (χ1n) is 8.66. The van der Waals surface area contributed by atoms with Crippen molar-refractivity contribution in [3.05, 3.63) is 0 Å². The van der Waals surface area contributed by atoms with Gasteiger partial charge in [0, 0.05) is 37.6 Å². The Morgan fingerprint density at radius 3 is 2.23 bits per heavy atom. The van der Waals surface area contributed by atoms with Crippen LogP contribution < -0.4 is 16.4 Å². The number of hydrogen-bond acceptors (Lipinski definition) is 3. The Bertz CT molecular complexity index is 374. The Labute approximate surface area is 133 Å². The predicted molar refractivity (Wildman–Crippen MR) is 86.4 cm³/mol. The van der Waals surface area contributed by atoms with Gasteiger partial charge >= 0.3 is 6.03 Å². The number of nitrogens with two attached hydrogens (primary N) is 1. The van der Waals surface area contributed by atoms with Gasteiger partial charge in [-0.2, -0.15) is 0 Å². The molecule has 4 N–H and O–H groups in total. The molecule has 1 aliphatic heterocycles. The quantitative estimate of drug-likeness (QED) is 0.729. The highest BCUT2D eigenvalue weighted by atomic mass is 16.2. The van der Waals surface area contributed by atoms with Crippen molar-refractivity contribution in [1.82, 2.24) is 15.5 Å². The summed E-state index contributed by atoms with van der Waals surface area (Å²) in [5.74, 6) is -0.125. The monoisotopic (exact) mass is 310 g/mol. The zero-order valence-corrected chi connectivity index (χ0v) is 13.6. The van der Waals surface area contributed by atoms with Gasteiger partial charge in [0.25, 0.3) is 0 Å². The number of nitrogens with one attached hydrogen (secondary N) is 2. The van der Waals surface area contributed by atoms with E-state index in [0.29, 0.717) is 25.7 Å². The topological polar surface area (TPSA) is 87.5 Å². The van der Waals surface area contributed by atoms with Crippen molar-refractivity contribution in [1.29, 1.82) is 0 Å². The summed E-state index contributed by atoms with van der Waals surface area (Å²) in [6.45, 7) is 3.62. The first-order chi connectivity index (χ1) is 10.6. The van der Waals surface area contributed by atoms with Crippen molar-refractivity contribution < 1.29 is 9.59 Å². The summed E-state index contributed by atoms with van der Waals surface area (Å²) in [6.07, 6.45) is 7.59. The van der Waals surface area contributed by atoms with Gasteiger partial charge in [-0.05, 0) is 25.7 Å². The molecule has 22 heavy (non-hydrogen) atoms. The van der Waals surface area contributed by atoms with Gasteiger partial charge in [0.1, 0.15) is 0 Å². The average Bonchev–Trinajstić information content (AvgIpc) is 2.55. The molecule has 2 rings (SSSR count). The van der Waals surface area contributed by atoms with Crippen LogP contribution >= 0.6 is 0 Å². The fourth-order valence-corrected chi connectivity index (χ4v) is 3.19. The number of likely N-dealkylation sites (tertiary alicyclic amines) is 1. The van der Waals surface area contributed by atoms with Gasteiger partial charge in [-0.3, -0.25) is 4.79 Å². The van der Waals surface area contributed by atoms with Crippen molar-refractivity contribution in [2.75, 3.05) is 19.6 Å². The minimum atomic E-state index is -0.146. The summed E-state index contributed by atoms with van der Waals surface area (Å²) < 4.78 is 0. The zero-order valence-electron chi connectivity index (χ0n) is 13.6. The van der Waals surface area contributed by atoms with Gasteiger partial charge < -0.3 is 21.3 Å². The maximum Gasteiger partial charge on any atom is 0.317 e. The SMILES string of the molecule is CC(CN)C(=O)NC1CCN(C(=O)NC2CCCCC2)CC1. The van der Waals surface area contributed by atoms with E-state index in [-0.39, 0.29) is 23.9 Å².